The fraction of sp³-hybridized carbons (Fsp3) is 0.294. The Labute approximate surface area is 139 Å². The van der Waals surface area contributed by atoms with E-state index >= 15 is 0 Å². The molecule has 1 aromatic carbocycles. The largest absolute Gasteiger partial charge is 0.423 e. The van der Waals surface area contributed by atoms with Gasteiger partial charge in [-0.25, -0.2) is 0 Å². The van der Waals surface area contributed by atoms with Crippen LogP contribution in [0.3, 0.4) is 0 Å². The number of hydrogen-bond acceptors (Lipinski definition) is 5. The second-order valence-corrected chi connectivity index (χ2v) is 6.13. The zero-order chi connectivity index (χ0) is 15.6. The molecule has 5 nitrogen and oxygen atoms in total. The first-order valence-electron chi connectivity index (χ1n) is 7.71. The number of anilines is 1. The Hall–Kier alpha value is -2.11. The van der Waals surface area contributed by atoms with E-state index in [0.717, 1.165) is 49.5 Å². The Bertz CT molecular complexity index is 797. The van der Waals surface area contributed by atoms with Crippen molar-refractivity contribution in [2.24, 2.45) is 0 Å². The van der Waals surface area contributed by atoms with Crippen LogP contribution in [0, 0.1) is 0 Å². The van der Waals surface area contributed by atoms with Crippen LogP contribution < -0.4 is 4.90 Å². The van der Waals surface area contributed by atoms with Gasteiger partial charge in [0.05, 0.1) is 5.69 Å². The van der Waals surface area contributed by atoms with Crippen molar-refractivity contribution in [3.8, 4) is 0 Å². The van der Waals surface area contributed by atoms with E-state index in [2.05, 4.69) is 25.8 Å². The van der Waals surface area contributed by atoms with Gasteiger partial charge in [0.25, 0.3) is 6.01 Å². The van der Waals surface area contributed by atoms with E-state index in [1.165, 1.54) is 0 Å². The maximum absolute atomic E-state index is 6.00. The van der Waals surface area contributed by atoms with Crippen molar-refractivity contribution in [1.29, 1.82) is 0 Å². The second-order valence-electron chi connectivity index (χ2n) is 5.69. The van der Waals surface area contributed by atoms with Gasteiger partial charge >= 0.3 is 0 Å². The lowest BCUT2D eigenvalue weighted by Gasteiger charge is -2.33. The van der Waals surface area contributed by atoms with Crippen LogP contribution in [0.25, 0.3) is 11.1 Å². The molecular formula is C17H17ClN4O. The smallest absolute Gasteiger partial charge is 0.298 e. The SMILES string of the molecule is Clc1ccc2oc(N3CCN(Cc4ccccn4)CC3)nc2c1. The molecule has 0 spiro atoms. The summed E-state index contributed by atoms with van der Waals surface area (Å²) in [4.78, 5) is 13.5. The van der Waals surface area contributed by atoms with Crippen LogP contribution in [-0.2, 0) is 6.54 Å². The molecule has 0 unspecified atom stereocenters. The van der Waals surface area contributed by atoms with Crippen molar-refractivity contribution in [3.05, 3.63) is 53.3 Å². The van der Waals surface area contributed by atoms with Crippen LogP contribution in [0.1, 0.15) is 5.69 Å². The first-order chi connectivity index (χ1) is 11.3. The number of aromatic nitrogens is 2. The molecule has 1 fully saturated rings. The van der Waals surface area contributed by atoms with Gasteiger partial charge in [0.1, 0.15) is 5.52 Å². The Kier molecular flexibility index (Phi) is 3.89. The highest BCUT2D eigenvalue weighted by molar-refractivity contribution is 6.31. The number of pyridine rings is 1. The third-order valence-corrected chi connectivity index (χ3v) is 4.33. The number of halogens is 1. The lowest BCUT2D eigenvalue weighted by Crippen LogP contribution is -2.46. The van der Waals surface area contributed by atoms with Crippen LogP contribution in [-0.4, -0.2) is 41.0 Å². The van der Waals surface area contributed by atoms with Crippen molar-refractivity contribution in [2.45, 2.75) is 6.54 Å². The highest BCUT2D eigenvalue weighted by Crippen LogP contribution is 2.25. The maximum atomic E-state index is 6.00. The van der Waals surface area contributed by atoms with Crippen LogP contribution in [0.4, 0.5) is 6.01 Å². The van der Waals surface area contributed by atoms with E-state index in [4.69, 9.17) is 16.0 Å². The van der Waals surface area contributed by atoms with E-state index in [0.29, 0.717) is 11.0 Å². The third-order valence-electron chi connectivity index (χ3n) is 4.09. The lowest BCUT2D eigenvalue weighted by molar-refractivity contribution is 0.243. The van der Waals surface area contributed by atoms with Crippen molar-refractivity contribution in [1.82, 2.24) is 14.9 Å². The number of rotatable bonds is 3. The molecule has 0 N–H and O–H groups in total. The van der Waals surface area contributed by atoms with E-state index in [9.17, 15) is 0 Å². The summed E-state index contributed by atoms with van der Waals surface area (Å²) in [6, 6.07) is 12.2. The van der Waals surface area contributed by atoms with Crippen molar-refractivity contribution >= 4 is 28.7 Å². The zero-order valence-corrected chi connectivity index (χ0v) is 13.4. The normalized spacial score (nSPS) is 16.1. The predicted octanol–water partition coefficient (Wildman–Crippen LogP) is 3.20. The number of fused-ring (bicyclic) bond motifs is 1. The molecule has 23 heavy (non-hydrogen) atoms. The van der Waals surface area contributed by atoms with Crippen molar-refractivity contribution in [3.63, 3.8) is 0 Å². The summed E-state index contributed by atoms with van der Waals surface area (Å²) in [5.74, 6) is 0. The molecule has 3 heterocycles. The average molecular weight is 329 g/mol. The quantitative estimate of drug-likeness (QED) is 0.739. The number of nitrogens with zero attached hydrogens (tertiary/aromatic N) is 4. The molecule has 118 valence electrons. The number of oxazole rings is 1. The summed E-state index contributed by atoms with van der Waals surface area (Å²) < 4.78 is 5.84. The first kappa shape index (κ1) is 14.5. The van der Waals surface area contributed by atoms with Crippen LogP contribution in [0.15, 0.2) is 47.0 Å². The molecule has 1 aliphatic heterocycles. The highest BCUT2D eigenvalue weighted by atomic mass is 35.5. The molecule has 0 atom stereocenters. The summed E-state index contributed by atoms with van der Waals surface area (Å²) in [6.45, 7) is 4.62. The Morgan fingerprint density at radius 2 is 1.96 bits per heavy atom. The van der Waals surface area contributed by atoms with Crippen LogP contribution >= 0.6 is 11.6 Å². The number of hydrogen-bond donors (Lipinski definition) is 0. The van der Waals surface area contributed by atoms with Crippen molar-refractivity contribution in [2.75, 3.05) is 31.1 Å². The lowest BCUT2D eigenvalue weighted by atomic mass is 10.3. The molecule has 0 saturated carbocycles. The molecule has 0 aliphatic carbocycles. The minimum Gasteiger partial charge on any atom is -0.423 e. The standard InChI is InChI=1S/C17H17ClN4O/c18-13-4-5-16-15(11-13)20-17(23-16)22-9-7-21(8-10-22)12-14-3-1-2-6-19-14/h1-6,11H,7-10,12H2. The molecule has 1 aliphatic rings. The molecule has 1 saturated heterocycles. The van der Waals surface area contributed by atoms with Gasteiger partial charge in [-0.3, -0.25) is 9.88 Å². The second kappa shape index (κ2) is 6.18. The van der Waals surface area contributed by atoms with E-state index in [1.54, 1.807) is 0 Å². The van der Waals surface area contributed by atoms with Gasteiger partial charge in [-0.15, -0.1) is 0 Å². The summed E-state index contributed by atoms with van der Waals surface area (Å²) in [5.41, 5.74) is 2.70. The molecule has 3 aromatic rings. The Morgan fingerprint density at radius 3 is 2.74 bits per heavy atom. The minimum atomic E-state index is 0.678. The Morgan fingerprint density at radius 1 is 1.09 bits per heavy atom. The summed E-state index contributed by atoms with van der Waals surface area (Å²) in [6.07, 6.45) is 1.84. The van der Waals surface area contributed by atoms with E-state index in [1.807, 2.05) is 36.5 Å². The summed E-state index contributed by atoms with van der Waals surface area (Å²) in [7, 11) is 0. The molecule has 4 rings (SSSR count). The number of benzene rings is 1. The monoisotopic (exact) mass is 328 g/mol. The van der Waals surface area contributed by atoms with E-state index < -0.39 is 0 Å². The molecule has 0 amide bonds. The van der Waals surface area contributed by atoms with E-state index in [-0.39, 0.29) is 0 Å². The van der Waals surface area contributed by atoms with Gasteiger partial charge in [-0.05, 0) is 30.3 Å². The predicted molar refractivity (Wildman–Crippen MR) is 90.7 cm³/mol. The van der Waals surface area contributed by atoms with Gasteiger partial charge in [-0.2, -0.15) is 4.98 Å². The van der Waals surface area contributed by atoms with Gasteiger partial charge in [-0.1, -0.05) is 17.7 Å². The maximum Gasteiger partial charge on any atom is 0.298 e. The summed E-state index contributed by atoms with van der Waals surface area (Å²) in [5, 5.41) is 0.678. The van der Waals surface area contributed by atoms with Crippen LogP contribution in [0.2, 0.25) is 5.02 Å². The Balaban J connectivity index is 1.42. The van der Waals surface area contributed by atoms with Crippen LogP contribution in [0.5, 0.6) is 0 Å². The van der Waals surface area contributed by atoms with Gasteiger partial charge in [0, 0.05) is 43.9 Å². The van der Waals surface area contributed by atoms with Gasteiger partial charge in [0.15, 0.2) is 5.58 Å². The molecule has 6 heteroatoms. The topological polar surface area (TPSA) is 45.4 Å². The summed E-state index contributed by atoms with van der Waals surface area (Å²) >= 11 is 6.00. The minimum absolute atomic E-state index is 0.678. The fourth-order valence-corrected chi connectivity index (χ4v) is 3.01. The fourth-order valence-electron chi connectivity index (χ4n) is 2.84. The van der Waals surface area contributed by atoms with Gasteiger partial charge in [0.2, 0.25) is 0 Å². The number of piperazine rings is 1. The average Bonchev–Trinajstić information content (AvgIpc) is 2.99. The zero-order valence-electron chi connectivity index (χ0n) is 12.7. The molecule has 2 aromatic heterocycles. The van der Waals surface area contributed by atoms with Crippen molar-refractivity contribution < 1.29 is 4.42 Å². The first-order valence-corrected chi connectivity index (χ1v) is 8.09. The molecule has 0 radical (unpaired) electrons. The third kappa shape index (κ3) is 3.16. The highest BCUT2D eigenvalue weighted by Gasteiger charge is 2.21. The molecular weight excluding hydrogens is 312 g/mol. The molecule has 0 bridgehead atoms. The van der Waals surface area contributed by atoms with Gasteiger partial charge < -0.3 is 9.32 Å².